The van der Waals surface area contributed by atoms with Gasteiger partial charge < -0.3 is 14.8 Å². The summed E-state index contributed by atoms with van der Waals surface area (Å²) in [5.41, 5.74) is 2.05. The van der Waals surface area contributed by atoms with Crippen LogP contribution in [0.25, 0.3) is 10.9 Å². The van der Waals surface area contributed by atoms with Gasteiger partial charge in [-0.25, -0.2) is 0 Å². The Kier molecular flexibility index (Phi) is 8.07. The molecule has 0 radical (unpaired) electrons. The predicted molar refractivity (Wildman–Crippen MR) is 106 cm³/mol. The molecule has 6 nitrogen and oxygen atoms in total. The van der Waals surface area contributed by atoms with E-state index in [-0.39, 0.29) is 18.8 Å². The zero-order valence-electron chi connectivity index (χ0n) is 15.9. The van der Waals surface area contributed by atoms with Crippen LogP contribution in [-0.2, 0) is 16.0 Å². The van der Waals surface area contributed by atoms with Crippen molar-refractivity contribution in [2.24, 2.45) is 0 Å². The van der Waals surface area contributed by atoms with E-state index in [0.717, 1.165) is 42.5 Å². The second-order valence-corrected chi connectivity index (χ2v) is 6.50. The summed E-state index contributed by atoms with van der Waals surface area (Å²) in [4.78, 5) is 28.2. The summed E-state index contributed by atoms with van der Waals surface area (Å²) < 4.78 is 5.58. The molecule has 0 aliphatic carbocycles. The lowest BCUT2D eigenvalue weighted by atomic mass is 10.1. The average Bonchev–Trinajstić information content (AvgIpc) is 3.06. The van der Waals surface area contributed by atoms with Gasteiger partial charge in [0.2, 0.25) is 0 Å². The Morgan fingerprint density at radius 2 is 2.07 bits per heavy atom. The van der Waals surface area contributed by atoms with Crippen molar-refractivity contribution in [2.45, 2.75) is 39.0 Å². The van der Waals surface area contributed by atoms with Crippen molar-refractivity contribution >= 4 is 22.8 Å². The van der Waals surface area contributed by atoms with E-state index in [1.807, 2.05) is 24.4 Å². The van der Waals surface area contributed by atoms with E-state index in [0.29, 0.717) is 18.6 Å². The molecule has 0 bridgehead atoms. The summed E-state index contributed by atoms with van der Waals surface area (Å²) in [5, 5.41) is 9.59. The number of esters is 1. The molecule has 0 amide bonds. The van der Waals surface area contributed by atoms with E-state index in [2.05, 4.69) is 23.4 Å². The summed E-state index contributed by atoms with van der Waals surface area (Å²) in [5.74, 6) is -0.622. The number of carboxylic acid groups (broad SMARTS) is 1. The number of carbonyl (C=O) groups is 2. The summed E-state index contributed by atoms with van der Waals surface area (Å²) in [6.07, 6.45) is 5.98. The Morgan fingerprint density at radius 3 is 2.78 bits per heavy atom. The third-order valence-corrected chi connectivity index (χ3v) is 4.53. The Balaban J connectivity index is 2.04. The highest BCUT2D eigenvalue weighted by molar-refractivity contribution is 5.91. The normalized spacial score (nSPS) is 11.0. The van der Waals surface area contributed by atoms with E-state index in [1.54, 1.807) is 6.07 Å². The zero-order chi connectivity index (χ0) is 19.6. The number of nitrogens with one attached hydrogen (secondary N) is 1. The van der Waals surface area contributed by atoms with E-state index in [9.17, 15) is 9.59 Å². The van der Waals surface area contributed by atoms with Crippen molar-refractivity contribution < 1.29 is 19.4 Å². The summed E-state index contributed by atoms with van der Waals surface area (Å²) in [6.45, 7) is 8.60. The van der Waals surface area contributed by atoms with Gasteiger partial charge in [0, 0.05) is 43.0 Å². The number of ether oxygens (including phenoxy) is 1. The number of nitrogens with zero attached hydrogens (tertiary/aromatic N) is 1. The van der Waals surface area contributed by atoms with Crippen LogP contribution in [0.4, 0.5) is 0 Å². The number of fused-ring (bicyclic) bond motifs is 1. The van der Waals surface area contributed by atoms with E-state index >= 15 is 0 Å². The van der Waals surface area contributed by atoms with Crippen LogP contribution in [0.3, 0.4) is 0 Å². The molecule has 0 spiro atoms. The number of likely N-dealkylation sites (N-methyl/N-ethyl adjacent to an activating group) is 1. The quantitative estimate of drug-likeness (QED) is 0.256. The number of aliphatic carboxylic acids is 1. The standard InChI is InChI=1S/C21H28N2O4/c1-3-13-23(4-2)14-12-16-15-22-17-8-7-9-18(21(16)17)27-20(26)11-6-5-10-19(24)25/h3,7-9,15,22H,1,4-6,10-14H2,2H3,(H,24,25). The molecule has 2 rings (SSSR count). The third-order valence-electron chi connectivity index (χ3n) is 4.53. The number of benzene rings is 1. The predicted octanol–water partition coefficient (Wildman–Crippen LogP) is 3.77. The van der Waals surface area contributed by atoms with Crippen LogP contribution in [0.2, 0.25) is 0 Å². The maximum atomic E-state index is 12.1. The first kappa shape index (κ1) is 20.7. The molecule has 0 aliphatic rings. The molecule has 6 heteroatoms. The molecule has 0 saturated heterocycles. The van der Waals surface area contributed by atoms with Gasteiger partial charge in [-0.15, -0.1) is 6.58 Å². The Morgan fingerprint density at radius 1 is 1.30 bits per heavy atom. The minimum atomic E-state index is -0.845. The van der Waals surface area contributed by atoms with Crippen LogP contribution in [0.15, 0.2) is 37.1 Å². The van der Waals surface area contributed by atoms with Gasteiger partial charge in [0.25, 0.3) is 0 Å². The number of hydrogen-bond donors (Lipinski definition) is 2. The molecule has 0 fully saturated rings. The lowest BCUT2D eigenvalue weighted by Gasteiger charge is -2.18. The smallest absolute Gasteiger partial charge is 0.311 e. The number of carbonyl (C=O) groups excluding carboxylic acids is 1. The second kappa shape index (κ2) is 10.5. The van der Waals surface area contributed by atoms with E-state index < -0.39 is 5.97 Å². The SMILES string of the molecule is C=CCN(CC)CCc1c[nH]c2cccc(OC(=O)CCCCC(=O)O)c12. The molecule has 0 saturated carbocycles. The maximum absolute atomic E-state index is 12.1. The van der Waals surface area contributed by atoms with E-state index in [4.69, 9.17) is 9.84 Å². The van der Waals surface area contributed by atoms with Crippen LogP contribution >= 0.6 is 0 Å². The fraction of sp³-hybridized carbons (Fsp3) is 0.429. The monoisotopic (exact) mass is 372 g/mol. The number of carboxylic acids is 1. The fourth-order valence-electron chi connectivity index (χ4n) is 3.06. The molecule has 0 unspecified atom stereocenters. The van der Waals surface area contributed by atoms with Crippen molar-refractivity contribution in [2.75, 3.05) is 19.6 Å². The molecular formula is C21H28N2O4. The van der Waals surface area contributed by atoms with Gasteiger partial charge in [0.05, 0.1) is 0 Å². The molecule has 1 aromatic heterocycles. The largest absolute Gasteiger partial charge is 0.481 e. The van der Waals surface area contributed by atoms with Gasteiger partial charge >= 0.3 is 11.9 Å². The first-order chi connectivity index (χ1) is 13.0. The number of rotatable bonds is 12. The Bertz CT molecular complexity index is 782. The van der Waals surface area contributed by atoms with Crippen molar-refractivity contribution in [1.29, 1.82) is 0 Å². The van der Waals surface area contributed by atoms with Gasteiger partial charge in [-0.2, -0.15) is 0 Å². The summed E-state index contributed by atoms with van der Waals surface area (Å²) in [6, 6.07) is 5.62. The molecule has 0 aliphatic heterocycles. The molecular weight excluding hydrogens is 344 g/mol. The first-order valence-corrected chi connectivity index (χ1v) is 9.39. The van der Waals surface area contributed by atoms with Crippen LogP contribution in [-0.4, -0.2) is 46.6 Å². The Hall–Kier alpha value is -2.60. The minimum Gasteiger partial charge on any atom is -0.481 e. The highest BCUT2D eigenvalue weighted by atomic mass is 16.5. The van der Waals surface area contributed by atoms with Crippen molar-refractivity contribution in [3.63, 3.8) is 0 Å². The fourth-order valence-corrected chi connectivity index (χ4v) is 3.06. The summed E-state index contributed by atoms with van der Waals surface area (Å²) in [7, 11) is 0. The van der Waals surface area contributed by atoms with Crippen molar-refractivity contribution in [1.82, 2.24) is 9.88 Å². The number of hydrogen-bond acceptors (Lipinski definition) is 4. The molecule has 1 aromatic carbocycles. The Labute approximate surface area is 159 Å². The maximum Gasteiger partial charge on any atom is 0.311 e. The molecule has 27 heavy (non-hydrogen) atoms. The van der Waals surface area contributed by atoms with Crippen molar-refractivity contribution in [3.05, 3.63) is 42.6 Å². The molecule has 146 valence electrons. The molecule has 2 N–H and O–H groups in total. The number of aromatic nitrogens is 1. The highest BCUT2D eigenvalue weighted by Gasteiger charge is 2.14. The van der Waals surface area contributed by atoms with Crippen molar-refractivity contribution in [3.8, 4) is 5.75 Å². The topological polar surface area (TPSA) is 82.6 Å². The second-order valence-electron chi connectivity index (χ2n) is 6.50. The van der Waals surface area contributed by atoms with Gasteiger partial charge in [-0.05, 0) is 43.5 Å². The van der Waals surface area contributed by atoms with Crippen LogP contribution < -0.4 is 4.74 Å². The third kappa shape index (κ3) is 6.25. The highest BCUT2D eigenvalue weighted by Crippen LogP contribution is 2.29. The summed E-state index contributed by atoms with van der Waals surface area (Å²) >= 11 is 0. The van der Waals surface area contributed by atoms with Crippen LogP contribution in [0.5, 0.6) is 5.75 Å². The van der Waals surface area contributed by atoms with Gasteiger partial charge in [0.1, 0.15) is 5.75 Å². The number of unbranched alkanes of at least 4 members (excludes halogenated alkanes) is 1. The van der Waals surface area contributed by atoms with Gasteiger partial charge in [-0.1, -0.05) is 19.1 Å². The lowest BCUT2D eigenvalue weighted by Crippen LogP contribution is -2.25. The molecule has 2 aromatic rings. The first-order valence-electron chi connectivity index (χ1n) is 9.39. The number of H-pyrrole nitrogens is 1. The molecule has 0 atom stereocenters. The lowest BCUT2D eigenvalue weighted by molar-refractivity contribution is -0.138. The van der Waals surface area contributed by atoms with Crippen LogP contribution in [0, 0.1) is 0 Å². The van der Waals surface area contributed by atoms with Gasteiger partial charge in [-0.3, -0.25) is 14.5 Å². The zero-order valence-corrected chi connectivity index (χ0v) is 15.9. The number of aromatic amines is 1. The van der Waals surface area contributed by atoms with E-state index in [1.165, 1.54) is 0 Å². The van der Waals surface area contributed by atoms with Gasteiger partial charge in [0.15, 0.2) is 0 Å². The minimum absolute atomic E-state index is 0.0729. The molecule has 1 heterocycles. The average molecular weight is 372 g/mol. The van der Waals surface area contributed by atoms with Crippen LogP contribution in [0.1, 0.15) is 38.2 Å².